The highest BCUT2D eigenvalue weighted by Gasteiger charge is 2.49. The van der Waals surface area contributed by atoms with Crippen LogP contribution in [0.2, 0.25) is 0 Å². The van der Waals surface area contributed by atoms with Gasteiger partial charge in [0.25, 0.3) is 11.8 Å². The Labute approximate surface area is 153 Å². The molecule has 9 heteroatoms. The van der Waals surface area contributed by atoms with Gasteiger partial charge in [0.05, 0.1) is 16.8 Å². The van der Waals surface area contributed by atoms with Crippen molar-refractivity contribution >= 4 is 29.3 Å². The summed E-state index contributed by atoms with van der Waals surface area (Å²) in [7, 11) is 0. The molecule has 0 radical (unpaired) electrons. The second kappa shape index (κ2) is 5.35. The third-order valence-electron chi connectivity index (χ3n) is 5.90. The predicted octanol–water partition coefficient (Wildman–Crippen LogP) is -0.363. The first-order valence-corrected chi connectivity index (χ1v) is 8.89. The number of amides is 4. The molecule has 4 amide bonds. The topological polar surface area (TPSA) is 98.8 Å². The van der Waals surface area contributed by atoms with Gasteiger partial charge in [0.15, 0.2) is 0 Å². The number of halogens is 1. The maximum atomic E-state index is 14.6. The number of rotatable bonds is 2. The van der Waals surface area contributed by atoms with Crippen LogP contribution >= 0.6 is 0 Å². The number of nitrogens with one attached hydrogen (secondary N) is 2. The summed E-state index contributed by atoms with van der Waals surface area (Å²) in [5.41, 5.74) is 0.558. The van der Waals surface area contributed by atoms with Gasteiger partial charge >= 0.3 is 0 Å². The first kappa shape index (κ1) is 16.4. The van der Waals surface area contributed by atoms with Gasteiger partial charge in [-0.05, 0) is 18.6 Å². The van der Waals surface area contributed by atoms with E-state index in [1.54, 1.807) is 0 Å². The Morgan fingerprint density at radius 1 is 1.04 bits per heavy atom. The highest BCUT2D eigenvalue weighted by Crippen LogP contribution is 2.40. The lowest BCUT2D eigenvalue weighted by molar-refractivity contribution is -0.136. The summed E-state index contributed by atoms with van der Waals surface area (Å²) in [4.78, 5) is 51.6. The first-order valence-electron chi connectivity index (χ1n) is 8.89. The van der Waals surface area contributed by atoms with E-state index in [1.165, 1.54) is 6.07 Å². The quantitative estimate of drug-likeness (QED) is 0.688. The summed E-state index contributed by atoms with van der Waals surface area (Å²) in [6.07, 6.45) is 0.125. The zero-order valence-electron chi connectivity index (χ0n) is 14.4. The molecule has 4 aliphatic heterocycles. The van der Waals surface area contributed by atoms with E-state index >= 15 is 0 Å². The van der Waals surface area contributed by atoms with Gasteiger partial charge in [-0.25, -0.2) is 4.39 Å². The molecular formula is C18H17FN4O4. The molecule has 140 valence electrons. The Balaban J connectivity index is 1.44. The van der Waals surface area contributed by atoms with E-state index in [0.29, 0.717) is 18.8 Å². The molecule has 5 rings (SSSR count). The van der Waals surface area contributed by atoms with Crippen molar-refractivity contribution < 1.29 is 23.6 Å². The van der Waals surface area contributed by atoms with E-state index < -0.39 is 35.5 Å². The molecule has 27 heavy (non-hydrogen) atoms. The van der Waals surface area contributed by atoms with Crippen LogP contribution < -0.4 is 15.5 Å². The zero-order chi connectivity index (χ0) is 18.9. The van der Waals surface area contributed by atoms with Crippen LogP contribution in [0.5, 0.6) is 0 Å². The van der Waals surface area contributed by atoms with Crippen LogP contribution in [-0.4, -0.2) is 60.7 Å². The van der Waals surface area contributed by atoms with Crippen molar-refractivity contribution in [2.24, 2.45) is 5.41 Å². The highest BCUT2D eigenvalue weighted by atomic mass is 19.1. The summed E-state index contributed by atoms with van der Waals surface area (Å²) in [6.45, 7) is 3.21. The molecule has 1 unspecified atom stereocenters. The van der Waals surface area contributed by atoms with Gasteiger partial charge in [-0.1, -0.05) is 0 Å². The van der Waals surface area contributed by atoms with E-state index in [1.807, 2.05) is 4.90 Å². The lowest BCUT2D eigenvalue weighted by atomic mass is 9.74. The summed E-state index contributed by atoms with van der Waals surface area (Å²) < 4.78 is 14.6. The van der Waals surface area contributed by atoms with Crippen molar-refractivity contribution in [1.82, 2.24) is 15.5 Å². The molecule has 1 atom stereocenters. The lowest BCUT2D eigenvalue weighted by Crippen LogP contribution is -2.71. The number of anilines is 1. The third kappa shape index (κ3) is 2.24. The molecule has 0 aromatic heterocycles. The van der Waals surface area contributed by atoms with Crippen molar-refractivity contribution in [3.63, 3.8) is 0 Å². The van der Waals surface area contributed by atoms with Crippen LogP contribution in [0.25, 0.3) is 0 Å². The fourth-order valence-electron chi connectivity index (χ4n) is 4.36. The lowest BCUT2D eigenvalue weighted by Gasteiger charge is -2.57. The van der Waals surface area contributed by atoms with E-state index in [0.717, 1.165) is 24.1 Å². The monoisotopic (exact) mass is 372 g/mol. The summed E-state index contributed by atoms with van der Waals surface area (Å²) in [5, 5.41) is 5.35. The third-order valence-corrected chi connectivity index (χ3v) is 5.90. The van der Waals surface area contributed by atoms with Gasteiger partial charge in [0.2, 0.25) is 11.8 Å². The number of nitrogens with zero attached hydrogens (tertiary/aromatic N) is 2. The number of carbonyl (C=O) groups excluding carboxylic acids is 4. The molecule has 4 aliphatic rings. The second-order valence-electron chi connectivity index (χ2n) is 7.76. The van der Waals surface area contributed by atoms with Gasteiger partial charge in [-0.3, -0.25) is 29.4 Å². The molecule has 1 spiro atoms. The average molecular weight is 372 g/mol. The van der Waals surface area contributed by atoms with Gasteiger partial charge in [-0.15, -0.1) is 0 Å². The Morgan fingerprint density at radius 3 is 2.30 bits per heavy atom. The van der Waals surface area contributed by atoms with E-state index in [4.69, 9.17) is 0 Å². The van der Waals surface area contributed by atoms with Crippen LogP contribution in [0.1, 0.15) is 33.6 Å². The van der Waals surface area contributed by atoms with Crippen LogP contribution in [0.4, 0.5) is 10.1 Å². The summed E-state index contributed by atoms with van der Waals surface area (Å²) in [6, 6.07) is 1.45. The fourth-order valence-corrected chi connectivity index (χ4v) is 4.36. The Kier molecular flexibility index (Phi) is 3.24. The Hall–Kier alpha value is -2.81. The van der Waals surface area contributed by atoms with Crippen LogP contribution in [0.3, 0.4) is 0 Å². The van der Waals surface area contributed by atoms with Gasteiger partial charge in [0, 0.05) is 38.0 Å². The minimum absolute atomic E-state index is 0.0357. The van der Waals surface area contributed by atoms with Crippen molar-refractivity contribution in [3.05, 3.63) is 29.1 Å². The van der Waals surface area contributed by atoms with Gasteiger partial charge in [0.1, 0.15) is 11.9 Å². The SMILES string of the molecule is O=C1CCC(N2C(=O)c3cc(F)c(N4CC5(CNC5)C4)cc3C2=O)C(=O)N1. The molecule has 0 saturated carbocycles. The molecule has 1 aromatic rings. The minimum atomic E-state index is -1.05. The normalized spacial score (nSPS) is 26.0. The molecule has 3 saturated heterocycles. The summed E-state index contributed by atoms with van der Waals surface area (Å²) in [5.74, 6) is -2.98. The Morgan fingerprint density at radius 2 is 1.70 bits per heavy atom. The van der Waals surface area contributed by atoms with E-state index in [-0.39, 0.29) is 29.4 Å². The smallest absolute Gasteiger partial charge is 0.262 e. The summed E-state index contributed by atoms with van der Waals surface area (Å²) >= 11 is 0. The van der Waals surface area contributed by atoms with Crippen molar-refractivity contribution in [2.45, 2.75) is 18.9 Å². The number of imide groups is 2. The number of benzene rings is 1. The van der Waals surface area contributed by atoms with Crippen molar-refractivity contribution in [3.8, 4) is 0 Å². The van der Waals surface area contributed by atoms with Crippen molar-refractivity contribution in [2.75, 3.05) is 31.1 Å². The van der Waals surface area contributed by atoms with Crippen molar-refractivity contribution in [1.29, 1.82) is 0 Å². The average Bonchev–Trinajstić information content (AvgIpc) is 2.77. The standard InChI is InChI=1S/C18H17FN4O4/c19-11-3-9-10(4-13(11)22-7-18(8-22)5-20-6-18)17(27)23(16(9)26)12-1-2-14(24)21-15(12)25/h3-4,12,20H,1-2,5-8H2,(H,21,24,25). The highest BCUT2D eigenvalue weighted by molar-refractivity contribution is 6.23. The Bertz CT molecular complexity index is 918. The predicted molar refractivity (Wildman–Crippen MR) is 90.6 cm³/mol. The number of carbonyl (C=O) groups is 4. The molecule has 4 heterocycles. The maximum absolute atomic E-state index is 14.6. The van der Waals surface area contributed by atoms with E-state index in [2.05, 4.69) is 10.6 Å². The molecule has 0 aliphatic carbocycles. The number of hydrogen-bond donors (Lipinski definition) is 2. The molecule has 0 bridgehead atoms. The second-order valence-corrected chi connectivity index (χ2v) is 7.76. The maximum Gasteiger partial charge on any atom is 0.262 e. The number of piperidine rings is 1. The number of hydrogen-bond acceptors (Lipinski definition) is 6. The molecule has 3 fully saturated rings. The molecule has 1 aromatic carbocycles. The first-order chi connectivity index (χ1) is 12.9. The molecule has 2 N–H and O–H groups in total. The minimum Gasteiger partial charge on any atom is -0.368 e. The zero-order valence-corrected chi connectivity index (χ0v) is 14.4. The van der Waals surface area contributed by atoms with Crippen LogP contribution in [0.15, 0.2) is 12.1 Å². The van der Waals surface area contributed by atoms with Gasteiger partial charge < -0.3 is 10.2 Å². The van der Waals surface area contributed by atoms with Crippen LogP contribution in [-0.2, 0) is 9.59 Å². The van der Waals surface area contributed by atoms with Crippen LogP contribution in [0, 0.1) is 11.2 Å². The molecule has 8 nitrogen and oxygen atoms in total. The number of fused-ring (bicyclic) bond motifs is 1. The van der Waals surface area contributed by atoms with Gasteiger partial charge in [-0.2, -0.15) is 0 Å². The fraction of sp³-hybridized carbons (Fsp3) is 0.444. The largest absolute Gasteiger partial charge is 0.368 e. The molecular weight excluding hydrogens is 355 g/mol. The van der Waals surface area contributed by atoms with E-state index in [9.17, 15) is 23.6 Å².